The Kier molecular flexibility index (Phi) is 10.6. The van der Waals surface area contributed by atoms with Crippen molar-refractivity contribution in [1.29, 1.82) is 0 Å². The molecular weight excluding hydrogens is 595 g/mol. The molecule has 0 bridgehead atoms. The van der Waals surface area contributed by atoms with Crippen LogP contribution in [0.15, 0.2) is 97.2 Å². The lowest BCUT2D eigenvalue weighted by Gasteiger charge is -2.12. The van der Waals surface area contributed by atoms with E-state index in [1.807, 2.05) is 73.2 Å². The van der Waals surface area contributed by atoms with Crippen molar-refractivity contribution in [2.45, 2.75) is 26.8 Å². The third-order valence-electron chi connectivity index (χ3n) is 7.30. The van der Waals surface area contributed by atoms with Crippen molar-refractivity contribution in [3.8, 4) is 34.1 Å². The number of nitrogen functional groups attached to an aromatic ring is 1. The molecule has 46 heavy (non-hydrogen) atoms. The number of carbonyl (C=O) groups is 1. The van der Waals surface area contributed by atoms with Crippen molar-refractivity contribution in [3.63, 3.8) is 0 Å². The number of anilines is 2. The van der Waals surface area contributed by atoms with Gasteiger partial charge in [-0.25, -0.2) is 15.0 Å². The average Bonchev–Trinajstić information content (AvgIpc) is 3.47. The molecule has 3 aromatic carbocycles. The molecule has 0 unspecified atom stereocenters. The van der Waals surface area contributed by atoms with Crippen LogP contribution in [-0.4, -0.2) is 43.7 Å². The molecule has 0 fully saturated rings. The third-order valence-corrected chi connectivity index (χ3v) is 7.74. The van der Waals surface area contributed by atoms with Crippen molar-refractivity contribution in [2.75, 3.05) is 23.3 Å². The normalized spacial score (nSPS) is 10.8. The number of fused-ring (bicyclic) bond motifs is 1. The van der Waals surface area contributed by atoms with E-state index in [1.165, 1.54) is 0 Å². The number of hydrogen-bond donors (Lipinski definition) is 4. The maximum Gasteiger partial charge on any atom is 0.165 e. The number of benzene rings is 3. The second-order valence-electron chi connectivity index (χ2n) is 10.2. The summed E-state index contributed by atoms with van der Waals surface area (Å²) in [5.41, 5.74) is 14.6. The van der Waals surface area contributed by atoms with Crippen LogP contribution in [0.2, 0.25) is 0 Å². The number of rotatable bonds is 11. The van der Waals surface area contributed by atoms with Crippen LogP contribution in [0.5, 0.6) is 5.75 Å². The SMILES string of the molecule is CC.CSNc1cccc(-c2ccc3nc(-c4cccnc4N)n(-c4ccc(CNCCc5ccc(C=O)c(O)c5)cc4)c3n2)c1. The summed E-state index contributed by atoms with van der Waals surface area (Å²) in [6.45, 7) is 5.40. The predicted octanol–water partition coefficient (Wildman–Crippen LogP) is 7.30. The average molecular weight is 632 g/mol. The molecule has 3 heterocycles. The van der Waals surface area contributed by atoms with Gasteiger partial charge in [-0.3, -0.25) is 9.36 Å². The number of hydrogen-bond acceptors (Lipinski definition) is 9. The van der Waals surface area contributed by atoms with Crippen molar-refractivity contribution >= 4 is 40.9 Å². The molecule has 0 aliphatic rings. The van der Waals surface area contributed by atoms with Gasteiger partial charge >= 0.3 is 0 Å². The Hall–Kier alpha value is -5.19. The van der Waals surface area contributed by atoms with E-state index in [0.717, 1.165) is 63.5 Å². The number of nitrogens with one attached hydrogen (secondary N) is 2. The Bertz CT molecular complexity index is 1940. The van der Waals surface area contributed by atoms with Crippen LogP contribution < -0.4 is 15.8 Å². The quantitative estimate of drug-likeness (QED) is 0.0661. The van der Waals surface area contributed by atoms with Crippen LogP contribution >= 0.6 is 11.9 Å². The Balaban J connectivity index is 0.00000204. The number of aromatic hydroxyl groups is 1. The molecule has 0 saturated heterocycles. The van der Waals surface area contributed by atoms with Crippen LogP contribution in [0.1, 0.15) is 35.3 Å². The van der Waals surface area contributed by atoms with Gasteiger partial charge < -0.3 is 20.9 Å². The van der Waals surface area contributed by atoms with Crippen molar-refractivity contribution in [2.24, 2.45) is 0 Å². The van der Waals surface area contributed by atoms with Gasteiger partial charge in [0.2, 0.25) is 0 Å². The summed E-state index contributed by atoms with van der Waals surface area (Å²) in [6.07, 6.45) is 5.04. The first kappa shape index (κ1) is 32.2. The monoisotopic (exact) mass is 631 g/mol. The van der Waals surface area contributed by atoms with Gasteiger partial charge in [-0.2, -0.15) is 0 Å². The largest absolute Gasteiger partial charge is 0.507 e. The highest BCUT2D eigenvalue weighted by molar-refractivity contribution is 7.99. The molecule has 9 nitrogen and oxygen atoms in total. The second-order valence-corrected chi connectivity index (χ2v) is 10.8. The fourth-order valence-electron chi connectivity index (χ4n) is 5.08. The van der Waals surface area contributed by atoms with E-state index in [4.69, 9.17) is 15.7 Å². The molecule has 6 aromatic rings. The van der Waals surface area contributed by atoms with Gasteiger partial charge in [0.1, 0.15) is 17.1 Å². The number of aromatic nitrogens is 4. The Morgan fingerprint density at radius 1 is 0.935 bits per heavy atom. The maximum atomic E-state index is 10.9. The van der Waals surface area contributed by atoms with E-state index in [2.05, 4.69) is 45.4 Å². The van der Waals surface area contributed by atoms with E-state index in [1.54, 1.807) is 30.3 Å². The number of nitrogens with two attached hydrogens (primary N) is 1. The number of imidazole rings is 1. The molecular formula is C36H37N7O2S. The van der Waals surface area contributed by atoms with Crippen LogP contribution in [0, 0.1) is 0 Å². The Morgan fingerprint density at radius 2 is 1.74 bits per heavy atom. The number of aldehydes is 1. The van der Waals surface area contributed by atoms with Gasteiger partial charge in [0.15, 0.2) is 17.8 Å². The minimum Gasteiger partial charge on any atom is -0.507 e. The van der Waals surface area contributed by atoms with Gasteiger partial charge in [0.05, 0.1) is 16.8 Å². The van der Waals surface area contributed by atoms with E-state index in [9.17, 15) is 9.90 Å². The zero-order valence-electron chi connectivity index (χ0n) is 26.1. The first-order valence-electron chi connectivity index (χ1n) is 15.1. The van der Waals surface area contributed by atoms with Crippen LogP contribution in [0.25, 0.3) is 39.5 Å². The summed E-state index contributed by atoms with van der Waals surface area (Å²) >= 11 is 1.54. The van der Waals surface area contributed by atoms with Gasteiger partial charge in [0, 0.05) is 35.9 Å². The molecule has 0 amide bonds. The molecule has 0 spiro atoms. The lowest BCUT2D eigenvalue weighted by molar-refractivity contribution is 0.112. The van der Waals surface area contributed by atoms with E-state index < -0.39 is 0 Å². The molecule has 0 saturated carbocycles. The molecule has 234 valence electrons. The second kappa shape index (κ2) is 15.2. The number of carbonyl (C=O) groups excluding carboxylic acids is 1. The summed E-state index contributed by atoms with van der Waals surface area (Å²) < 4.78 is 5.32. The molecule has 0 radical (unpaired) electrons. The van der Waals surface area contributed by atoms with E-state index in [0.29, 0.717) is 30.0 Å². The number of phenolic OH excluding ortho intramolecular Hbond substituents is 1. The zero-order valence-corrected chi connectivity index (χ0v) is 26.9. The number of nitrogens with zero attached hydrogens (tertiary/aromatic N) is 4. The summed E-state index contributed by atoms with van der Waals surface area (Å²) in [7, 11) is 0. The fraction of sp³-hybridized carbons (Fsp3) is 0.167. The lowest BCUT2D eigenvalue weighted by atomic mass is 10.1. The first-order valence-corrected chi connectivity index (χ1v) is 16.3. The van der Waals surface area contributed by atoms with Gasteiger partial charge in [-0.05, 0) is 84.8 Å². The Labute approximate surface area is 273 Å². The van der Waals surface area contributed by atoms with Crippen molar-refractivity contribution in [1.82, 2.24) is 24.8 Å². The van der Waals surface area contributed by atoms with Gasteiger partial charge in [0.25, 0.3) is 0 Å². The highest BCUT2D eigenvalue weighted by Crippen LogP contribution is 2.32. The smallest absolute Gasteiger partial charge is 0.165 e. The minimum absolute atomic E-state index is 0.00950. The summed E-state index contributed by atoms with van der Waals surface area (Å²) in [5, 5.41) is 13.4. The highest BCUT2D eigenvalue weighted by Gasteiger charge is 2.19. The summed E-state index contributed by atoms with van der Waals surface area (Å²) in [6, 6.07) is 29.3. The van der Waals surface area contributed by atoms with Crippen LogP contribution in [0.4, 0.5) is 11.5 Å². The molecule has 0 aliphatic carbocycles. The van der Waals surface area contributed by atoms with Gasteiger partial charge in [-0.15, -0.1) is 0 Å². The predicted molar refractivity (Wildman–Crippen MR) is 189 cm³/mol. The molecule has 10 heteroatoms. The Morgan fingerprint density at radius 3 is 2.48 bits per heavy atom. The zero-order chi connectivity index (χ0) is 32.5. The van der Waals surface area contributed by atoms with Crippen LogP contribution in [-0.2, 0) is 13.0 Å². The molecule has 0 atom stereocenters. The number of phenols is 1. The van der Waals surface area contributed by atoms with Crippen LogP contribution in [0.3, 0.4) is 0 Å². The molecule has 0 aliphatic heterocycles. The first-order chi connectivity index (χ1) is 22.5. The van der Waals surface area contributed by atoms with Crippen molar-refractivity contribution < 1.29 is 9.90 Å². The third kappa shape index (κ3) is 7.20. The fourth-order valence-corrected chi connectivity index (χ4v) is 5.45. The standard InChI is InChI=1S/C34H31N7O2S.C2H6/c1-44-40-26-5-2-4-24(19-26)29-13-14-30-34(38-29)41(33(39-30)28-6-3-16-37-32(28)35)27-11-8-23(9-12-27)20-36-17-15-22-7-10-25(21-42)31(43)18-22;1-2/h2-14,16,18-19,21,36,40,43H,15,17,20H2,1H3,(H2,35,37);1-2H3. The van der Waals surface area contributed by atoms with Gasteiger partial charge in [-0.1, -0.05) is 56.1 Å². The van der Waals surface area contributed by atoms with E-state index >= 15 is 0 Å². The molecule has 6 rings (SSSR count). The van der Waals surface area contributed by atoms with E-state index in [-0.39, 0.29) is 5.75 Å². The topological polar surface area (TPSA) is 131 Å². The van der Waals surface area contributed by atoms with Crippen molar-refractivity contribution in [3.05, 3.63) is 114 Å². The summed E-state index contributed by atoms with van der Waals surface area (Å²) in [4.78, 5) is 25.3. The lowest BCUT2D eigenvalue weighted by Crippen LogP contribution is -2.16. The molecule has 5 N–H and O–H groups in total. The summed E-state index contributed by atoms with van der Waals surface area (Å²) in [5.74, 6) is 1.08. The maximum absolute atomic E-state index is 10.9. The molecule has 3 aromatic heterocycles. The highest BCUT2D eigenvalue weighted by atomic mass is 32.2. The number of pyridine rings is 2. The minimum atomic E-state index is 0.00950.